The summed E-state index contributed by atoms with van der Waals surface area (Å²) < 4.78 is 0. The molecule has 0 fully saturated rings. The second-order valence-corrected chi connectivity index (χ2v) is 2.60. The molecule has 3 nitrogen and oxygen atoms in total. The molecule has 0 aromatic rings. The van der Waals surface area contributed by atoms with Gasteiger partial charge in [0.05, 0.1) is 5.57 Å². The van der Waals surface area contributed by atoms with E-state index in [2.05, 4.69) is 6.92 Å². The van der Waals surface area contributed by atoms with Gasteiger partial charge in [0, 0.05) is 6.21 Å². The van der Waals surface area contributed by atoms with Crippen molar-refractivity contribution >= 4 is 12.2 Å². The minimum atomic E-state index is -1.01. The van der Waals surface area contributed by atoms with Crippen LogP contribution in [0.25, 0.3) is 0 Å². The first kappa shape index (κ1) is 10.9. The quantitative estimate of drug-likeness (QED) is 0.364. The normalized spacial score (nSPS) is 11.2. The van der Waals surface area contributed by atoms with Crippen LogP contribution in [0.15, 0.2) is 11.6 Å². The number of unbranched alkanes of at least 4 members (excludes halogenated alkanes) is 3. The molecule has 0 amide bonds. The van der Waals surface area contributed by atoms with E-state index < -0.39 is 5.97 Å². The minimum Gasteiger partial charge on any atom is -0.478 e. The fourth-order valence-corrected chi connectivity index (χ4v) is 0.860. The molecule has 0 spiro atoms. The van der Waals surface area contributed by atoms with Crippen LogP contribution in [-0.2, 0) is 4.79 Å². The van der Waals surface area contributed by atoms with Crippen molar-refractivity contribution in [3.05, 3.63) is 11.6 Å². The summed E-state index contributed by atoms with van der Waals surface area (Å²) in [5, 5.41) is 15.3. The van der Waals surface area contributed by atoms with E-state index in [0.29, 0.717) is 0 Å². The van der Waals surface area contributed by atoms with E-state index in [4.69, 9.17) is 10.5 Å². The Bertz CT molecular complexity index is 185. The summed E-state index contributed by atoms with van der Waals surface area (Å²) in [4.78, 5) is 10.4. The van der Waals surface area contributed by atoms with Gasteiger partial charge in [-0.25, -0.2) is 4.79 Å². The number of carboxylic acid groups (broad SMARTS) is 1. The van der Waals surface area contributed by atoms with Gasteiger partial charge in [-0.15, -0.1) is 0 Å². The van der Waals surface area contributed by atoms with Crippen molar-refractivity contribution in [2.24, 2.45) is 0 Å². The Kier molecular flexibility index (Phi) is 5.97. The molecular formula is C9H15NO2. The third-order valence-electron chi connectivity index (χ3n) is 1.57. The first-order valence-electron chi connectivity index (χ1n) is 4.16. The van der Waals surface area contributed by atoms with E-state index in [1.807, 2.05) is 0 Å². The fourth-order valence-electron chi connectivity index (χ4n) is 0.860. The molecule has 0 aromatic heterocycles. The Labute approximate surface area is 72.6 Å². The highest BCUT2D eigenvalue weighted by Gasteiger charge is 2.00. The van der Waals surface area contributed by atoms with Crippen LogP contribution in [0.4, 0.5) is 0 Å². The number of hydrogen-bond donors (Lipinski definition) is 2. The molecular weight excluding hydrogens is 154 g/mol. The molecule has 0 radical (unpaired) electrons. The summed E-state index contributed by atoms with van der Waals surface area (Å²) in [6.45, 7) is 2.10. The van der Waals surface area contributed by atoms with Gasteiger partial charge in [0.2, 0.25) is 0 Å². The van der Waals surface area contributed by atoms with Gasteiger partial charge in [0.1, 0.15) is 0 Å². The molecule has 0 saturated heterocycles. The molecule has 0 aromatic carbocycles. The van der Waals surface area contributed by atoms with Gasteiger partial charge in [-0.3, -0.25) is 0 Å². The van der Waals surface area contributed by atoms with Crippen molar-refractivity contribution in [1.29, 1.82) is 5.41 Å². The van der Waals surface area contributed by atoms with Crippen LogP contribution in [0.2, 0.25) is 0 Å². The van der Waals surface area contributed by atoms with Gasteiger partial charge in [0.15, 0.2) is 0 Å². The lowest BCUT2D eigenvalue weighted by molar-refractivity contribution is -0.132. The summed E-state index contributed by atoms with van der Waals surface area (Å²) in [6.07, 6.45) is 6.48. The molecule has 3 heteroatoms. The van der Waals surface area contributed by atoms with Gasteiger partial charge < -0.3 is 10.5 Å². The van der Waals surface area contributed by atoms with Crippen LogP contribution in [0.5, 0.6) is 0 Å². The van der Waals surface area contributed by atoms with Crippen LogP contribution in [0, 0.1) is 5.41 Å². The maximum absolute atomic E-state index is 10.4. The Hall–Kier alpha value is -1.12. The van der Waals surface area contributed by atoms with E-state index in [0.717, 1.165) is 31.9 Å². The number of aliphatic carboxylic acids is 1. The third-order valence-corrected chi connectivity index (χ3v) is 1.57. The Balaban J connectivity index is 3.79. The van der Waals surface area contributed by atoms with Crippen LogP contribution in [0.1, 0.15) is 32.6 Å². The van der Waals surface area contributed by atoms with Crippen LogP contribution in [0.3, 0.4) is 0 Å². The highest BCUT2D eigenvalue weighted by Crippen LogP contribution is 2.02. The van der Waals surface area contributed by atoms with E-state index in [1.165, 1.54) is 0 Å². The molecule has 0 saturated carbocycles. The van der Waals surface area contributed by atoms with E-state index in [-0.39, 0.29) is 5.57 Å². The van der Waals surface area contributed by atoms with Gasteiger partial charge >= 0.3 is 5.97 Å². The van der Waals surface area contributed by atoms with Crippen molar-refractivity contribution in [3.63, 3.8) is 0 Å². The SMILES string of the molecule is CCCCC/C=C(\C=N)C(=O)O. The number of hydrogen-bond acceptors (Lipinski definition) is 2. The number of carboxylic acids is 1. The minimum absolute atomic E-state index is 0.0890. The average molecular weight is 169 g/mol. The molecule has 0 aliphatic carbocycles. The summed E-state index contributed by atoms with van der Waals surface area (Å²) in [7, 11) is 0. The summed E-state index contributed by atoms with van der Waals surface area (Å²) in [6, 6.07) is 0. The van der Waals surface area contributed by atoms with Gasteiger partial charge in [-0.2, -0.15) is 0 Å². The van der Waals surface area contributed by atoms with Crippen LogP contribution < -0.4 is 0 Å². The monoisotopic (exact) mass is 169 g/mol. The molecule has 0 aliphatic rings. The average Bonchev–Trinajstić information content (AvgIpc) is 2.04. The zero-order valence-electron chi connectivity index (χ0n) is 7.34. The number of nitrogens with one attached hydrogen (secondary N) is 1. The topological polar surface area (TPSA) is 61.2 Å². The van der Waals surface area contributed by atoms with E-state index in [9.17, 15) is 4.79 Å². The van der Waals surface area contributed by atoms with Gasteiger partial charge in [-0.1, -0.05) is 25.8 Å². The second kappa shape index (κ2) is 6.58. The highest BCUT2D eigenvalue weighted by molar-refractivity contribution is 6.07. The van der Waals surface area contributed by atoms with Crippen LogP contribution in [-0.4, -0.2) is 17.3 Å². The standard InChI is InChI=1S/C9H15NO2/c1-2-3-4-5-6-8(7-10)9(11)12/h6-7,10H,2-5H2,1H3,(H,11,12)/b8-6+,10-7?. The van der Waals surface area contributed by atoms with Crippen molar-refractivity contribution in [2.75, 3.05) is 0 Å². The zero-order chi connectivity index (χ0) is 9.40. The van der Waals surface area contributed by atoms with Crippen molar-refractivity contribution in [3.8, 4) is 0 Å². The Morgan fingerprint density at radius 2 is 2.17 bits per heavy atom. The molecule has 2 N–H and O–H groups in total. The molecule has 0 heterocycles. The third kappa shape index (κ3) is 4.66. The Morgan fingerprint density at radius 1 is 1.50 bits per heavy atom. The largest absolute Gasteiger partial charge is 0.478 e. The van der Waals surface area contributed by atoms with Crippen LogP contribution >= 0.6 is 0 Å². The smallest absolute Gasteiger partial charge is 0.336 e. The van der Waals surface area contributed by atoms with Crippen molar-refractivity contribution in [2.45, 2.75) is 32.6 Å². The number of allylic oxidation sites excluding steroid dienone is 1. The predicted octanol–water partition coefficient (Wildman–Crippen LogP) is 2.23. The first-order chi connectivity index (χ1) is 5.72. The lowest BCUT2D eigenvalue weighted by Crippen LogP contribution is -2.00. The molecule has 0 atom stereocenters. The molecule has 0 rings (SSSR count). The molecule has 68 valence electrons. The predicted molar refractivity (Wildman–Crippen MR) is 48.6 cm³/mol. The van der Waals surface area contributed by atoms with Crippen molar-refractivity contribution < 1.29 is 9.90 Å². The summed E-state index contributed by atoms with van der Waals surface area (Å²) in [5.74, 6) is -1.01. The number of carbonyl (C=O) groups is 1. The van der Waals surface area contributed by atoms with E-state index in [1.54, 1.807) is 6.08 Å². The lowest BCUT2D eigenvalue weighted by Gasteiger charge is -1.94. The van der Waals surface area contributed by atoms with Gasteiger partial charge in [0.25, 0.3) is 0 Å². The van der Waals surface area contributed by atoms with E-state index >= 15 is 0 Å². The maximum atomic E-state index is 10.4. The lowest BCUT2D eigenvalue weighted by atomic mass is 10.1. The van der Waals surface area contributed by atoms with Crippen molar-refractivity contribution in [1.82, 2.24) is 0 Å². The molecule has 12 heavy (non-hydrogen) atoms. The molecule has 0 aliphatic heterocycles. The fraction of sp³-hybridized carbons (Fsp3) is 0.556. The first-order valence-corrected chi connectivity index (χ1v) is 4.16. The molecule has 0 unspecified atom stereocenters. The highest BCUT2D eigenvalue weighted by atomic mass is 16.4. The number of rotatable bonds is 6. The zero-order valence-corrected chi connectivity index (χ0v) is 7.34. The Morgan fingerprint density at radius 3 is 2.58 bits per heavy atom. The molecule has 0 bridgehead atoms. The van der Waals surface area contributed by atoms with Gasteiger partial charge in [-0.05, 0) is 12.8 Å². The summed E-state index contributed by atoms with van der Waals surface area (Å²) >= 11 is 0. The summed E-state index contributed by atoms with van der Waals surface area (Å²) in [5.41, 5.74) is 0.0890. The second-order valence-electron chi connectivity index (χ2n) is 2.60. The maximum Gasteiger partial charge on any atom is 0.336 e.